The van der Waals surface area contributed by atoms with Crippen LogP contribution in [-0.2, 0) is 24.2 Å². The highest BCUT2D eigenvalue weighted by Gasteiger charge is 2.22. The Balaban J connectivity index is 1.66. The Kier molecular flexibility index (Phi) is 10.3. The Morgan fingerprint density at radius 1 is 1.00 bits per heavy atom. The number of rotatable bonds is 11. The van der Waals surface area contributed by atoms with Crippen LogP contribution in [0, 0.1) is 15.2 Å². The lowest BCUT2D eigenvalue weighted by Crippen LogP contribution is -2.49. The third kappa shape index (κ3) is 8.65. The predicted molar refractivity (Wildman–Crippen MR) is 141 cm³/mol. The van der Waals surface area contributed by atoms with E-state index in [9.17, 15) is 18.7 Å². The quantitative estimate of drug-likeness (QED) is 0.222. The van der Waals surface area contributed by atoms with Crippen LogP contribution in [0.15, 0.2) is 71.6 Å². The van der Waals surface area contributed by atoms with Crippen LogP contribution in [-0.4, -0.2) is 36.0 Å². The van der Waals surface area contributed by atoms with E-state index < -0.39 is 23.8 Å². The first kappa shape index (κ1) is 26.6. The van der Waals surface area contributed by atoms with Gasteiger partial charge in [0.15, 0.2) is 0 Å². The molecule has 0 fully saturated rings. The molecular formula is C26H27F2IN2O2S. The molecule has 4 nitrogen and oxygen atoms in total. The Bertz CT molecular complexity index is 1080. The summed E-state index contributed by atoms with van der Waals surface area (Å²) in [5.41, 5.74) is 2.28. The molecule has 1 amide bonds. The van der Waals surface area contributed by atoms with Crippen LogP contribution >= 0.6 is 34.4 Å². The van der Waals surface area contributed by atoms with Gasteiger partial charge in [-0.3, -0.25) is 4.79 Å². The van der Waals surface area contributed by atoms with Crippen molar-refractivity contribution in [1.82, 2.24) is 10.6 Å². The van der Waals surface area contributed by atoms with Crippen LogP contribution in [0.25, 0.3) is 0 Å². The average molecular weight is 596 g/mol. The molecule has 0 radical (unpaired) electrons. The van der Waals surface area contributed by atoms with Gasteiger partial charge in [0.2, 0.25) is 5.91 Å². The number of nitrogens with one attached hydrogen (secondary N) is 2. The molecule has 0 aliphatic rings. The van der Waals surface area contributed by atoms with Gasteiger partial charge in [-0.05, 0) is 88.4 Å². The minimum Gasteiger partial charge on any atom is -0.390 e. The van der Waals surface area contributed by atoms with E-state index in [1.807, 2.05) is 54.8 Å². The number of aliphatic hydroxyl groups is 1. The number of aliphatic hydroxyl groups excluding tert-OH is 1. The lowest BCUT2D eigenvalue weighted by Gasteiger charge is -2.25. The van der Waals surface area contributed by atoms with Crippen molar-refractivity contribution in [3.8, 4) is 0 Å². The van der Waals surface area contributed by atoms with Crippen molar-refractivity contribution in [2.45, 2.75) is 36.4 Å². The second kappa shape index (κ2) is 13.2. The summed E-state index contributed by atoms with van der Waals surface area (Å²) in [4.78, 5) is 13.8. The van der Waals surface area contributed by atoms with E-state index in [0.29, 0.717) is 12.1 Å². The summed E-state index contributed by atoms with van der Waals surface area (Å²) in [6.07, 6.45) is 1.26. The highest BCUT2D eigenvalue weighted by atomic mass is 127. The van der Waals surface area contributed by atoms with Gasteiger partial charge in [0.1, 0.15) is 11.6 Å². The second-order valence-electron chi connectivity index (χ2n) is 8.01. The average Bonchev–Trinajstić information content (AvgIpc) is 2.78. The first-order valence-corrected chi connectivity index (χ1v) is 13.1. The Labute approximate surface area is 216 Å². The molecule has 3 N–H and O–H groups in total. The van der Waals surface area contributed by atoms with Crippen LogP contribution in [0.1, 0.15) is 16.7 Å². The summed E-state index contributed by atoms with van der Waals surface area (Å²) >= 11 is 3.86. The third-order valence-electron chi connectivity index (χ3n) is 5.28. The van der Waals surface area contributed by atoms with Crippen molar-refractivity contribution in [3.63, 3.8) is 0 Å². The fraction of sp³-hybridized carbons (Fsp3) is 0.269. The predicted octanol–water partition coefficient (Wildman–Crippen LogP) is 4.71. The summed E-state index contributed by atoms with van der Waals surface area (Å²) in [6, 6.07) is 18.2. The number of amides is 1. The van der Waals surface area contributed by atoms with Gasteiger partial charge in [-0.25, -0.2) is 8.78 Å². The van der Waals surface area contributed by atoms with Gasteiger partial charge in [0.05, 0.1) is 18.6 Å². The third-order valence-corrected chi connectivity index (χ3v) is 6.70. The van der Waals surface area contributed by atoms with E-state index in [2.05, 4.69) is 33.2 Å². The van der Waals surface area contributed by atoms with Crippen LogP contribution < -0.4 is 10.6 Å². The maximum absolute atomic E-state index is 13.7. The molecule has 3 aromatic carbocycles. The van der Waals surface area contributed by atoms with Gasteiger partial charge < -0.3 is 15.7 Å². The number of thioether (sulfide) groups is 1. The van der Waals surface area contributed by atoms with Gasteiger partial charge in [-0.2, -0.15) is 0 Å². The van der Waals surface area contributed by atoms with Crippen molar-refractivity contribution in [2.75, 3.05) is 12.8 Å². The van der Waals surface area contributed by atoms with Crippen LogP contribution in [0.5, 0.6) is 0 Å². The molecule has 2 atom stereocenters. The van der Waals surface area contributed by atoms with Crippen molar-refractivity contribution in [2.24, 2.45) is 0 Å². The van der Waals surface area contributed by atoms with Gasteiger partial charge in [0, 0.05) is 27.6 Å². The van der Waals surface area contributed by atoms with Crippen molar-refractivity contribution in [3.05, 3.63) is 98.6 Å². The molecule has 0 heterocycles. The SMILES string of the molecule is CSc1ccc(CC(=O)N[C@@H](Cc2cc(F)cc(F)c2)[C@@H](O)CNCc2cccc(I)c2)cc1. The van der Waals surface area contributed by atoms with Crippen molar-refractivity contribution < 1.29 is 18.7 Å². The zero-order chi connectivity index (χ0) is 24.5. The molecule has 0 saturated heterocycles. The van der Waals surface area contributed by atoms with Crippen LogP contribution in [0.4, 0.5) is 8.78 Å². The highest BCUT2D eigenvalue weighted by Crippen LogP contribution is 2.16. The van der Waals surface area contributed by atoms with Gasteiger partial charge in [-0.1, -0.05) is 24.3 Å². The summed E-state index contributed by atoms with van der Waals surface area (Å²) in [5.74, 6) is -1.66. The first-order chi connectivity index (χ1) is 16.3. The summed E-state index contributed by atoms with van der Waals surface area (Å²) in [6.45, 7) is 0.752. The number of hydrogen-bond donors (Lipinski definition) is 3. The molecule has 0 saturated carbocycles. The fourth-order valence-electron chi connectivity index (χ4n) is 3.61. The van der Waals surface area contributed by atoms with E-state index in [-0.39, 0.29) is 25.3 Å². The maximum atomic E-state index is 13.7. The minimum absolute atomic E-state index is 0.0952. The number of benzene rings is 3. The standard InChI is InChI=1S/C26H27F2IN2O2S/c1-34-23-7-5-17(6-8-23)13-26(33)31-24(12-19-9-20(27)14-21(28)10-19)25(32)16-30-15-18-3-2-4-22(29)11-18/h2-11,14,24-25,30,32H,12-13,15-16H2,1H3,(H,31,33)/t24-,25-/m0/s1. The molecule has 0 aliphatic carbocycles. The number of carbonyl (C=O) groups is 1. The lowest BCUT2D eigenvalue weighted by molar-refractivity contribution is -0.122. The Morgan fingerprint density at radius 3 is 2.35 bits per heavy atom. The fourth-order valence-corrected chi connectivity index (χ4v) is 4.62. The lowest BCUT2D eigenvalue weighted by atomic mass is 10.00. The van der Waals surface area contributed by atoms with Crippen LogP contribution in [0.3, 0.4) is 0 Å². The van der Waals surface area contributed by atoms with E-state index in [1.165, 1.54) is 12.1 Å². The summed E-state index contributed by atoms with van der Waals surface area (Å²) < 4.78 is 28.5. The van der Waals surface area contributed by atoms with E-state index >= 15 is 0 Å². The molecule has 0 spiro atoms. The molecule has 0 bridgehead atoms. The zero-order valence-corrected chi connectivity index (χ0v) is 21.7. The van der Waals surface area contributed by atoms with Gasteiger partial charge in [-0.15, -0.1) is 11.8 Å². The topological polar surface area (TPSA) is 61.4 Å². The first-order valence-electron chi connectivity index (χ1n) is 10.8. The van der Waals surface area contributed by atoms with Crippen molar-refractivity contribution in [1.29, 1.82) is 0 Å². The summed E-state index contributed by atoms with van der Waals surface area (Å²) in [5, 5.41) is 16.9. The van der Waals surface area contributed by atoms with E-state index in [1.54, 1.807) is 11.8 Å². The Hall–Kier alpha value is -2.01. The number of carbonyl (C=O) groups excluding carboxylic acids is 1. The summed E-state index contributed by atoms with van der Waals surface area (Å²) in [7, 11) is 0. The molecule has 34 heavy (non-hydrogen) atoms. The normalized spacial score (nSPS) is 12.9. The van der Waals surface area contributed by atoms with E-state index in [0.717, 1.165) is 25.7 Å². The molecule has 0 aliphatic heterocycles. The Morgan fingerprint density at radius 2 is 1.71 bits per heavy atom. The molecule has 0 unspecified atom stereocenters. The van der Waals surface area contributed by atoms with Crippen molar-refractivity contribution >= 4 is 40.3 Å². The van der Waals surface area contributed by atoms with E-state index in [4.69, 9.17) is 0 Å². The zero-order valence-electron chi connectivity index (χ0n) is 18.7. The number of hydrogen-bond acceptors (Lipinski definition) is 4. The molecule has 3 aromatic rings. The maximum Gasteiger partial charge on any atom is 0.224 e. The molecular weight excluding hydrogens is 569 g/mol. The molecule has 3 rings (SSSR count). The van der Waals surface area contributed by atoms with Gasteiger partial charge in [0.25, 0.3) is 0 Å². The minimum atomic E-state index is -0.961. The molecule has 180 valence electrons. The second-order valence-corrected chi connectivity index (χ2v) is 10.1. The monoisotopic (exact) mass is 596 g/mol. The number of halogens is 3. The molecule has 0 aromatic heterocycles. The smallest absolute Gasteiger partial charge is 0.224 e. The van der Waals surface area contributed by atoms with Crippen LogP contribution in [0.2, 0.25) is 0 Å². The molecule has 8 heteroatoms. The highest BCUT2D eigenvalue weighted by molar-refractivity contribution is 14.1. The largest absolute Gasteiger partial charge is 0.390 e. The van der Waals surface area contributed by atoms with Gasteiger partial charge >= 0.3 is 0 Å².